The smallest absolute Gasteiger partial charge is 0.257 e. The molecular formula is C20H25ClN2O3. The molecule has 2 aliphatic heterocycles. The van der Waals surface area contributed by atoms with E-state index in [-0.39, 0.29) is 22.6 Å². The molecule has 0 unspecified atom stereocenters. The number of carbonyl (C=O) groups is 2. The van der Waals surface area contributed by atoms with Crippen molar-refractivity contribution >= 4 is 23.4 Å². The number of carbonyl (C=O) groups excluding carboxylic acids is 2. The first kappa shape index (κ1) is 17.7. The minimum Gasteiger partial charge on any atom is -0.507 e. The van der Waals surface area contributed by atoms with Gasteiger partial charge in [-0.15, -0.1) is 0 Å². The summed E-state index contributed by atoms with van der Waals surface area (Å²) < 4.78 is 0. The van der Waals surface area contributed by atoms with Gasteiger partial charge in [-0.05, 0) is 61.6 Å². The lowest BCUT2D eigenvalue weighted by atomic mass is 9.72. The van der Waals surface area contributed by atoms with Crippen LogP contribution in [0.2, 0.25) is 5.02 Å². The highest BCUT2D eigenvalue weighted by Crippen LogP contribution is 2.42. The molecule has 26 heavy (non-hydrogen) atoms. The van der Waals surface area contributed by atoms with Gasteiger partial charge in [0, 0.05) is 37.6 Å². The van der Waals surface area contributed by atoms with E-state index < -0.39 is 0 Å². The minimum absolute atomic E-state index is 0.0291. The van der Waals surface area contributed by atoms with Crippen molar-refractivity contribution in [2.75, 3.05) is 26.2 Å². The fourth-order valence-corrected chi connectivity index (χ4v) is 4.50. The lowest BCUT2D eigenvalue weighted by Gasteiger charge is -2.47. The first-order chi connectivity index (χ1) is 12.5. The zero-order chi connectivity index (χ0) is 18.3. The predicted molar refractivity (Wildman–Crippen MR) is 99.2 cm³/mol. The second-order valence-corrected chi connectivity index (χ2v) is 8.61. The van der Waals surface area contributed by atoms with Crippen LogP contribution < -0.4 is 0 Å². The molecule has 5 nitrogen and oxygen atoms in total. The molecule has 0 radical (unpaired) electrons. The summed E-state index contributed by atoms with van der Waals surface area (Å²) in [6, 6.07) is 4.57. The van der Waals surface area contributed by atoms with E-state index in [4.69, 9.17) is 11.6 Å². The van der Waals surface area contributed by atoms with Crippen LogP contribution in [0.25, 0.3) is 0 Å². The quantitative estimate of drug-likeness (QED) is 0.880. The van der Waals surface area contributed by atoms with Gasteiger partial charge in [0.2, 0.25) is 5.91 Å². The molecule has 3 aliphatic rings. The van der Waals surface area contributed by atoms with E-state index >= 15 is 0 Å². The van der Waals surface area contributed by atoms with Crippen molar-refractivity contribution in [2.24, 2.45) is 11.3 Å². The maximum absolute atomic E-state index is 12.8. The van der Waals surface area contributed by atoms with Crippen molar-refractivity contribution in [2.45, 2.75) is 38.5 Å². The average molecular weight is 377 g/mol. The minimum atomic E-state index is -0.165. The topological polar surface area (TPSA) is 60.9 Å². The number of benzene rings is 1. The van der Waals surface area contributed by atoms with Crippen LogP contribution in [0.3, 0.4) is 0 Å². The standard InChI is InChI=1S/C20H25ClN2O3/c21-15-3-4-17(24)16(11-15)19(26)22-9-7-20(8-10-22)6-5-18(25)23(13-20)12-14-1-2-14/h3-4,11,14,24H,1-2,5-10,12-13H2. The third-order valence-corrected chi connectivity index (χ3v) is 6.46. The highest BCUT2D eigenvalue weighted by atomic mass is 35.5. The van der Waals surface area contributed by atoms with Gasteiger partial charge < -0.3 is 14.9 Å². The molecule has 3 fully saturated rings. The molecule has 2 saturated heterocycles. The Bertz CT molecular complexity index is 724. The Morgan fingerprint density at radius 1 is 1.23 bits per heavy atom. The molecule has 1 spiro atoms. The second kappa shape index (κ2) is 6.76. The van der Waals surface area contributed by atoms with Gasteiger partial charge in [-0.25, -0.2) is 0 Å². The fourth-order valence-electron chi connectivity index (χ4n) is 4.32. The van der Waals surface area contributed by atoms with Crippen LogP contribution in [0.4, 0.5) is 0 Å². The number of likely N-dealkylation sites (tertiary alicyclic amines) is 2. The molecule has 0 bridgehead atoms. The summed E-state index contributed by atoms with van der Waals surface area (Å²) in [6.45, 7) is 3.08. The van der Waals surface area contributed by atoms with Gasteiger partial charge >= 0.3 is 0 Å². The first-order valence-electron chi connectivity index (χ1n) is 9.51. The SMILES string of the molecule is O=C1CCC2(CCN(C(=O)c3cc(Cl)ccc3O)CC2)CN1CC1CC1. The average Bonchev–Trinajstić information content (AvgIpc) is 3.45. The number of phenols is 1. The Morgan fingerprint density at radius 3 is 2.65 bits per heavy atom. The Kier molecular flexibility index (Phi) is 4.59. The summed E-state index contributed by atoms with van der Waals surface area (Å²) in [5.41, 5.74) is 0.415. The van der Waals surface area contributed by atoms with E-state index in [9.17, 15) is 14.7 Å². The van der Waals surface area contributed by atoms with E-state index in [1.54, 1.807) is 11.0 Å². The lowest BCUT2D eigenvalue weighted by Crippen LogP contribution is -2.52. The van der Waals surface area contributed by atoms with Gasteiger partial charge in [0.25, 0.3) is 5.91 Å². The fraction of sp³-hybridized carbons (Fsp3) is 0.600. The van der Waals surface area contributed by atoms with Crippen LogP contribution in [-0.2, 0) is 4.79 Å². The number of piperidine rings is 2. The lowest BCUT2D eigenvalue weighted by molar-refractivity contribution is -0.139. The van der Waals surface area contributed by atoms with Crippen molar-refractivity contribution in [3.8, 4) is 5.75 Å². The van der Waals surface area contributed by atoms with Gasteiger partial charge in [-0.1, -0.05) is 11.6 Å². The highest BCUT2D eigenvalue weighted by molar-refractivity contribution is 6.31. The number of halogens is 1. The van der Waals surface area contributed by atoms with Gasteiger partial charge in [0.05, 0.1) is 5.56 Å². The molecule has 0 atom stereocenters. The summed E-state index contributed by atoms with van der Waals surface area (Å²) >= 11 is 5.97. The predicted octanol–water partition coefficient (Wildman–Crippen LogP) is 3.30. The Labute approximate surface area is 158 Å². The molecule has 140 valence electrons. The van der Waals surface area contributed by atoms with Crippen LogP contribution >= 0.6 is 11.6 Å². The molecular weight excluding hydrogens is 352 g/mol. The highest BCUT2D eigenvalue weighted by Gasteiger charge is 2.43. The summed E-state index contributed by atoms with van der Waals surface area (Å²) in [5, 5.41) is 10.4. The molecule has 1 aliphatic carbocycles. The van der Waals surface area contributed by atoms with Gasteiger partial charge in [0.15, 0.2) is 0 Å². The maximum Gasteiger partial charge on any atom is 0.257 e. The van der Waals surface area contributed by atoms with E-state index in [2.05, 4.69) is 4.90 Å². The molecule has 0 aromatic heterocycles. The number of hydrogen-bond acceptors (Lipinski definition) is 3. The van der Waals surface area contributed by atoms with Gasteiger partial charge in [0.1, 0.15) is 5.75 Å². The molecule has 1 saturated carbocycles. The largest absolute Gasteiger partial charge is 0.507 e. The summed E-state index contributed by atoms with van der Waals surface area (Å²) in [4.78, 5) is 28.9. The number of amides is 2. The van der Waals surface area contributed by atoms with Gasteiger partial charge in [-0.2, -0.15) is 0 Å². The van der Waals surface area contributed by atoms with Crippen molar-refractivity contribution in [3.05, 3.63) is 28.8 Å². The summed E-state index contributed by atoms with van der Waals surface area (Å²) in [5.74, 6) is 0.812. The van der Waals surface area contributed by atoms with E-state index in [1.165, 1.54) is 25.0 Å². The van der Waals surface area contributed by atoms with Crippen LogP contribution in [0.5, 0.6) is 5.75 Å². The van der Waals surface area contributed by atoms with Crippen LogP contribution in [0.15, 0.2) is 18.2 Å². The normalized spacial score (nSPS) is 22.7. The summed E-state index contributed by atoms with van der Waals surface area (Å²) in [6.07, 6.45) is 5.89. The molecule has 4 rings (SSSR count). The number of nitrogens with zero attached hydrogens (tertiary/aromatic N) is 2. The first-order valence-corrected chi connectivity index (χ1v) is 9.89. The zero-order valence-corrected chi connectivity index (χ0v) is 15.7. The van der Waals surface area contributed by atoms with Crippen LogP contribution in [0.1, 0.15) is 48.9 Å². The zero-order valence-electron chi connectivity index (χ0n) is 14.9. The molecule has 6 heteroatoms. The second-order valence-electron chi connectivity index (χ2n) is 8.17. The van der Waals surface area contributed by atoms with E-state index in [0.717, 1.165) is 32.4 Å². The van der Waals surface area contributed by atoms with Gasteiger partial charge in [-0.3, -0.25) is 9.59 Å². The van der Waals surface area contributed by atoms with E-state index in [1.807, 2.05) is 0 Å². The van der Waals surface area contributed by atoms with Crippen molar-refractivity contribution in [1.29, 1.82) is 0 Å². The van der Waals surface area contributed by atoms with Crippen molar-refractivity contribution < 1.29 is 14.7 Å². The maximum atomic E-state index is 12.8. The third kappa shape index (κ3) is 3.54. The number of hydrogen-bond donors (Lipinski definition) is 1. The van der Waals surface area contributed by atoms with Crippen LogP contribution in [-0.4, -0.2) is 52.9 Å². The molecule has 1 N–H and O–H groups in total. The Hall–Kier alpha value is -1.75. The van der Waals surface area contributed by atoms with Crippen molar-refractivity contribution in [3.63, 3.8) is 0 Å². The number of phenolic OH excluding ortho intramolecular Hbond substituents is 1. The molecule has 2 heterocycles. The Morgan fingerprint density at radius 2 is 1.96 bits per heavy atom. The molecule has 1 aromatic rings. The Balaban J connectivity index is 1.41. The molecule has 1 aromatic carbocycles. The third-order valence-electron chi connectivity index (χ3n) is 6.22. The van der Waals surface area contributed by atoms with Crippen LogP contribution in [0, 0.1) is 11.3 Å². The number of aromatic hydroxyl groups is 1. The molecule has 2 amide bonds. The summed E-state index contributed by atoms with van der Waals surface area (Å²) in [7, 11) is 0. The number of rotatable bonds is 3. The van der Waals surface area contributed by atoms with Crippen molar-refractivity contribution in [1.82, 2.24) is 9.80 Å². The van der Waals surface area contributed by atoms with E-state index in [0.29, 0.717) is 36.4 Å². The monoisotopic (exact) mass is 376 g/mol.